The first-order valence-corrected chi connectivity index (χ1v) is 7.20. The van der Waals surface area contributed by atoms with Crippen molar-refractivity contribution >= 4 is 11.5 Å². The van der Waals surface area contributed by atoms with Crippen LogP contribution >= 0.6 is 0 Å². The Hall–Kier alpha value is -1.53. The van der Waals surface area contributed by atoms with Gasteiger partial charge >= 0.3 is 0 Å². The van der Waals surface area contributed by atoms with Gasteiger partial charge in [-0.05, 0) is 25.6 Å². The normalized spacial score (nSPS) is 19.8. The minimum atomic E-state index is 0.193. The van der Waals surface area contributed by atoms with Gasteiger partial charge in [-0.15, -0.1) is 0 Å². The predicted molar refractivity (Wildman–Crippen MR) is 80.2 cm³/mol. The molecule has 0 aliphatic carbocycles. The second-order valence-corrected chi connectivity index (χ2v) is 4.79. The first kappa shape index (κ1) is 14.9. The number of likely N-dealkylation sites (N-methyl/N-ethyl adjacent to an activating group) is 1. The Balaban J connectivity index is 1.88. The maximum absolute atomic E-state index is 5.80. The van der Waals surface area contributed by atoms with Gasteiger partial charge in [0.2, 0.25) is 5.88 Å². The zero-order chi connectivity index (χ0) is 14.4. The zero-order valence-corrected chi connectivity index (χ0v) is 12.3. The Morgan fingerprint density at radius 3 is 3.10 bits per heavy atom. The first-order valence-electron chi connectivity index (χ1n) is 7.20. The highest BCUT2D eigenvalue weighted by Crippen LogP contribution is 2.20. The number of rotatable bonds is 6. The highest BCUT2D eigenvalue weighted by molar-refractivity contribution is 5.53. The van der Waals surface area contributed by atoms with Gasteiger partial charge in [0, 0.05) is 19.6 Å². The van der Waals surface area contributed by atoms with Crippen LogP contribution in [0.25, 0.3) is 0 Å². The van der Waals surface area contributed by atoms with Crippen molar-refractivity contribution in [2.45, 2.75) is 20.0 Å². The van der Waals surface area contributed by atoms with E-state index in [-0.39, 0.29) is 6.10 Å². The number of nitrogens with zero attached hydrogens (tertiary/aromatic N) is 2. The number of hydrogen-bond acceptors (Lipinski definition) is 6. The number of nitrogens with one attached hydrogen (secondary N) is 1. The lowest BCUT2D eigenvalue weighted by Crippen LogP contribution is -2.45. The van der Waals surface area contributed by atoms with Crippen molar-refractivity contribution in [3.8, 4) is 5.88 Å². The van der Waals surface area contributed by atoms with Gasteiger partial charge in [-0.2, -0.15) is 4.98 Å². The molecule has 1 fully saturated rings. The molecule has 2 rings (SSSR count). The smallest absolute Gasteiger partial charge is 0.239 e. The van der Waals surface area contributed by atoms with E-state index in [2.05, 4.69) is 22.1 Å². The summed E-state index contributed by atoms with van der Waals surface area (Å²) < 4.78 is 11.1. The van der Waals surface area contributed by atoms with Gasteiger partial charge in [-0.25, -0.2) is 0 Å². The molecule has 0 amide bonds. The number of aromatic nitrogens is 1. The van der Waals surface area contributed by atoms with Crippen molar-refractivity contribution in [2.75, 3.05) is 50.4 Å². The highest BCUT2D eigenvalue weighted by atomic mass is 16.5. The number of morpholine rings is 1. The van der Waals surface area contributed by atoms with Crippen LogP contribution in [-0.2, 0) is 4.74 Å². The molecule has 1 unspecified atom stereocenters. The van der Waals surface area contributed by atoms with Crippen LogP contribution < -0.4 is 15.8 Å². The fourth-order valence-electron chi connectivity index (χ4n) is 2.21. The summed E-state index contributed by atoms with van der Waals surface area (Å²) in [6.07, 6.45) is 0.193. The predicted octanol–water partition coefficient (Wildman–Crippen LogP) is 1.20. The monoisotopic (exact) mass is 280 g/mol. The Labute approximate surface area is 120 Å². The average Bonchev–Trinajstić information content (AvgIpc) is 2.48. The second-order valence-electron chi connectivity index (χ2n) is 4.79. The van der Waals surface area contributed by atoms with E-state index >= 15 is 0 Å². The molecule has 0 spiro atoms. The largest absolute Gasteiger partial charge is 0.476 e. The number of ether oxygens (including phenoxy) is 2. The Bertz CT molecular complexity index is 428. The van der Waals surface area contributed by atoms with Crippen molar-refractivity contribution in [1.82, 2.24) is 9.88 Å². The summed E-state index contributed by atoms with van der Waals surface area (Å²) in [5, 5.41) is 3.29. The van der Waals surface area contributed by atoms with E-state index in [0.717, 1.165) is 38.6 Å². The fourth-order valence-corrected chi connectivity index (χ4v) is 2.21. The molecule has 1 aromatic rings. The topological polar surface area (TPSA) is 72.6 Å². The van der Waals surface area contributed by atoms with Crippen molar-refractivity contribution < 1.29 is 9.47 Å². The lowest BCUT2D eigenvalue weighted by molar-refractivity contribution is -0.0192. The molecule has 20 heavy (non-hydrogen) atoms. The van der Waals surface area contributed by atoms with E-state index in [1.807, 2.05) is 13.0 Å². The maximum atomic E-state index is 5.80. The van der Waals surface area contributed by atoms with E-state index in [4.69, 9.17) is 15.2 Å². The Morgan fingerprint density at radius 2 is 2.35 bits per heavy atom. The maximum Gasteiger partial charge on any atom is 0.239 e. The fraction of sp³-hybridized carbons (Fsp3) is 0.643. The lowest BCUT2D eigenvalue weighted by atomic mass is 10.2. The van der Waals surface area contributed by atoms with E-state index in [9.17, 15) is 0 Å². The summed E-state index contributed by atoms with van der Waals surface area (Å²) in [6.45, 7) is 9.20. The quantitative estimate of drug-likeness (QED) is 0.815. The second kappa shape index (κ2) is 7.31. The summed E-state index contributed by atoms with van der Waals surface area (Å²) in [5.74, 6) is 1.25. The molecule has 0 saturated carbocycles. The van der Waals surface area contributed by atoms with Gasteiger partial charge in [0.25, 0.3) is 0 Å². The van der Waals surface area contributed by atoms with Crippen molar-refractivity contribution in [3.05, 3.63) is 12.1 Å². The summed E-state index contributed by atoms with van der Waals surface area (Å²) in [7, 11) is 0. The van der Waals surface area contributed by atoms with Crippen LogP contribution in [0.2, 0.25) is 0 Å². The molecule has 112 valence electrons. The Kier molecular flexibility index (Phi) is 5.43. The zero-order valence-electron chi connectivity index (χ0n) is 12.3. The van der Waals surface area contributed by atoms with Crippen molar-refractivity contribution in [2.24, 2.45) is 0 Å². The van der Waals surface area contributed by atoms with E-state index in [0.29, 0.717) is 18.2 Å². The number of hydrogen-bond donors (Lipinski definition) is 2. The van der Waals surface area contributed by atoms with Gasteiger partial charge in [0.05, 0.1) is 25.0 Å². The third kappa shape index (κ3) is 3.98. The van der Waals surface area contributed by atoms with Crippen LogP contribution in [0.1, 0.15) is 13.8 Å². The van der Waals surface area contributed by atoms with E-state index < -0.39 is 0 Å². The minimum absolute atomic E-state index is 0.193. The third-order valence-corrected chi connectivity index (χ3v) is 3.35. The summed E-state index contributed by atoms with van der Waals surface area (Å²) >= 11 is 0. The SMILES string of the molecule is CCOc1nc(NCC2CN(CC)CCO2)ccc1N. The lowest BCUT2D eigenvalue weighted by Gasteiger charge is -2.32. The molecule has 1 aromatic heterocycles. The van der Waals surface area contributed by atoms with Crippen LogP contribution in [0, 0.1) is 0 Å². The molecule has 3 N–H and O–H groups in total. The summed E-state index contributed by atoms with van der Waals surface area (Å²) in [6, 6.07) is 3.67. The molecule has 1 aliphatic heterocycles. The molecule has 0 aromatic carbocycles. The molecule has 6 nitrogen and oxygen atoms in total. The van der Waals surface area contributed by atoms with Gasteiger partial charge < -0.3 is 20.5 Å². The molecule has 1 aliphatic rings. The van der Waals surface area contributed by atoms with Crippen LogP contribution in [0.4, 0.5) is 11.5 Å². The summed E-state index contributed by atoms with van der Waals surface area (Å²) in [4.78, 5) is 6.74. The molecular formula is C14H24N4O2. The molecule has 0 bridgehead atoms. The van der Waals surface area contributed by atoms with Crippen LogP contribution in [-0.4, -0.2) is 55.4 Å². The molecule has 2 heterocycles. The van der Waals surface area contributed by atoms with Gasteiger partial charge in [0.15, 0.2) is 0 Å². The highest BCUT2D eigenvalue weighted by Gasteiger charge is 2.19. The molecule has 1 atom stereocenters. The summed E-state index contributed by atoms with van der Waals surface area (Å²) in [5.41, 5.74) is 6.36. The molecule has 0 radical (unpaired) electrons. The van der Waals surface area contributed by atoms with Crippen molar-refractivity contribution in [3.63, 3.8) is 0 Å². The third-order valence-electron chi connectivity index (χ3n) is 3.35. The Morgan fingerprint density at radius 1 is 1.50 bits per heavy atom. The molecule has 1 saturated heterocycles. The number of nitrogens with two attached hydrogens (primary N) is 1. The van der Waals surface area contributed by atoms with Gasteiger partial charge in [0.1, 0.15) is 5.82 Å². The van der Waals surface area contributed by atoms with E-state index in [1.165, 1.54) is 0 Å². The minimum Gasteiger partial charge on any atom is -0.476 e. The van der Waals surface area contributed by atoms with Gasteiger partial charge in [-0.3, -0.25) is 4.90 Å². The van der Waals surface area contributed by atoms with Crippen LogP contribution in [0.15, 0.2) is 12.1 Å². The standard InChI is InChI=1S/C14H24N4O2/c1-3-18-7-8-20-11(10-18)9-16-13-6-5-12(15)14(17-13)19-4-2/h5-6,11H,3-4,7-10,15H2,1-2H3,(H,16,17). The van der Waals surface area contributed by atoms with Crippen LogP contribution in [0.3, 0.4) is 0 Å². The van der Waals surface area contributed by atoms with Crippen molar-refractivity contribution in [1.29, 1.82) is 0 Å². The molecular weight excluding hydrogens is 256 g/mol. The number of pyridine rings is 1. The van der Waals surface area contributed by atoms with E-state index in [1.54, 1.807) is 6.07 Å². The molecule has 6 heteroatoms. The number of nitrogen functional groups attached to an aromatic ring is 1. The average molecular weight is 280 g/mol. The number of anilines is 2. The van der Waals surface area contributed by atoms with Crippen LogP contribution in [0.5, 0.6) is 5.88 Å². The first-order chi connectivity index (χ1) is 9.72. The van der Waals surface area contributed by atoms with Gasteiger partial charge in [-0.1, -0.05) is 6.92 Å².